The van der Waals surface area contributed by atoms with Gasteiger partial charge in [0.05, 0.1) is 19.3 Å². The van der Waals surface area contributed by atoms with E-state index in [1.165, 1.54) is 0 Å². The smallest absolute Gasteiger partial charge is 0.180 e. The molecule has 0 N–H and O–H groups in total. The van der Waals surface area contributed by atoms with Crippen molar-refractivity contribution in [3.05, 3.63) is 85.5 Å². The summed E-state index contributed by atoms with van der Waals surface area (Å²) in [6.45, 7) is 10.8. The van der Waals surface area contributed by atoms with Crippen LogP contribution in [0.25, 0.3) is 5.57 Å². The molecule has 1 aliphatic heterocycles. The number of methoxy groups -OCH3 is 1. The maximum Gasteiger partial charge on any atom is 0.180 e. The third-order valence-corrected chi connectivity index (χ3v) is 6.96. The Hall–Kier alpha value is -2.47. The molecule has 0 saturated carbocycles. The van der Waals surface area contributed by atoms with Crippen molar-refractivity contribution in [1.29, 1.82) is 0 Å². The van der Waals surface area contributed by atoms with Crippen LogP contribution in [0.2, 0.25) is 0 Å². The molecule has 2 unspecified atom stereocenters. The Morgan fingerprint density at radius 3 is 2.74 bits per heavy atom. The number of ether oxygens (including phenoxy) is 1. The normalized spacial score (nSPS) is 18.0. The van der Waals surface area contributed by atoms with E-state index in [2.05, 4.69) is 25.1 Å². The fourth-order valence-corrected chi connectivity index (χ4v) is 5.30. The van der Waals surface area contributed by atoms with Gasteiger partial charge in [-0.1, -0.05) is 49.6 Å². The lowest BCUT2D eigenvalue weighted by molar-refractivity contribution is 0.214. The zero-order valence-electron chi connectivity index (χ0n) is 18.5. The lowest BCUT2D eigenvalue weighted by atomic mass is 9.97. The summed E-state index contributed by atoms with van der Waals surface area (Å²) in [5.74, 6) is 1.19. The molecule has 0 aliphatic carbocycles. The van der Waals surface area contributed by atoms with Crippen LogP contribution < -0.4 is 9.04 Å². The molecule has 0 aromatic heterocycles. The molecule has 5 heteroatoms. The lowest BCUT2D eigenvalue weighted by Crippen LogP contribution is -2.42. The van der Waals surface area contributed by atoms with E-state index < -0.39 is 11.4 Å². The van der Waals surface area contributed by atoms with Gasteiger partial charge in [-0.15, -0.1) is 0 Å². The van der Waals surface area contributed by atoms with Gasteiger partial charge in [-0.05, 0) is 68.3 Å². The second-order valence-corrected chi connectivity index (χ2v) is 9.31. The molecule has 1 aliphatic rings. The molecule has 3 rings (SSSR count). The Morgan fingerprint density at radius 2 is 2.06 bits per heavy atom. The van der Waals surface area contributed by atoms with Crippen molar-refractivity contribution in [3.63, 3.8) is 0 Å². The molecule has 2 aromatic rings. The minimum atomic E-state index is -1.34. The summed E-state index contributed by atoms with van der Waals surface area (Å²) in [6, 6.07) is 15.5. The van der Waals surface area contributed by atoms with E-state index in [-0.39, 0.29) is 0 Å². The molecule has 1 fully saturated rings. The minimum absolute atomic E-state index is 0.443. The van der Waals surface area contributed by atoms with Gasteiger partial charge in [0, 0.05) is 12.1 Å². The summed E-state index contributed by atoms with van der Waals surface area (Å²) < 4.78 is 21.3. The maximum absolute atomic E-state index is 13.8. The molecule has 164 valence electrons. The second kappa shape index (κ2) is 11.2. The Morgan fingerprint density at radius 1 is 1.29 bits per heavy atom. The Balaban J connectivity index is 2.04. The number of piperidine rings is 1. The number of benzene rings is 2. The van der Waals surface area contributed by atoms with Crippen LogP contribution in [0.5, 0.6) is 5.75 Å². The number of anilines is 1. The van der Waals surface area contributed by atoms with Gasteiger partial charge >= 0.3 is 0 Å². The van der Waals surface area contributed by atoms with Crippen molar-refractivity contribution in [1.82, 2.24) is 4.90 Å². The maximum atomic E-state index is 13.8. The van der Waals surface area contributed by atoms with Crippen molar-refractivity contribution in [3.8, 4) is 5.75 Å². The molecule has 1 heterocycles. The molecule has 0 radical (unpaired) electrons. The van der Waals surface area contributed by atoms with Crippen molar-refractivity contribution in [2.45, 2.75) is 17.7 Å². The first kappa shape index (κ1) is 23.2. The van der Waals surface area contributed by atoms with Crippen molar-refractivity contribution >= 4 is 22.6 Å². The highest BCUT2D eigenvalue weighted by atomic mass is 32.2. The topological polar surface area (TPSA) is 38.8 Å². The summed E-state index contributed by atoms with van der Waals surface area (Å²) >= 11 is -1.34. The molecule has 31 heavy (non-hydrogen) atoms. The molecule has 0 spiro atoms. The Kier molecular flexibility index (Phi) is 8.41. The third-order valence-electron chi connectivity index (χ3n) is 5.54. The predicted octanol–water partition coefficient (Wildman–Crippen LogP) is 5.32. The predicted molar refractivity (Wildman–Crippen MR) is 132 cm³/mol. The molecular formula is C26H32N2O2S. The second-order valence-electron chi connectivity index (χ2n) is 7.90. The first-order valence-electron chi connectivity index (χ1n) is 10.6. The summed E-state index contributed by atoms with van der Waals surface area (Å²) in [5, 5.41) is 0. The quantitative estimate of drug-likeness (QED) is 0.394. The largest absolute Gasteiger partial charge is 0.588 e. The van der Waals surface area contributed by atoms with E-state index in [4.69, 9.17) is 4.74 Å². The van der Waals surface area contributed by atoms with Crippen LogP contribution >= 0.6 is 0 Å². The van der Waals surface area contributed by atoms with Gasteiger partial charge in [-0.3, -0.25) is 0 Å². The minimum Gasteiger partial charge on any atom is -0.588 e. The van der Waals surface area contributed by atoms with Crippen LogP contribution in [0.1, 0.15) is 18.4 Å². The van der Waals surface area contributed by atoms with Crippen LogP contribution in [0.4, 0.5) is 5.69 Å². The highest BCUT2D eigenvalue weighted by Crippen LogP contribution is 2.35. The number of likely N-dealkylation sites (tertiary alicyclic amines) is 1. The number of hydrogen-bond acceptors (Lipinski definition) is 4. The molecule has 0 bridgehead atoms. The molecule has 4 nitrogen and oxygen atoms in total. The number of nitrogens with zero attached hydrogens (tertiary/aromatic N) is 2. The van der Waals surface area contributed by atoms with Gasteiger partial charge in [-0.2, -0.15) is 4.31 Å². The highest BCUT2D eigenvalue weighted by molar-refractivity contribution is 7.92. The van der Waals surface area contributed by atoms with Crippen LogP contribution in [0.15, 0.2) is 84.8 Å². The average molecular weight is 437 g/mol. The zero-order chi connectivity index (χ0) is 22.2. The zero-order valence-corrected chi connectivity index (χ0v) is 19.3. The SMILES string of the molecule is C=C/C=C\C(=C)c1cc(OC)ccc1N(CC1CCCN(C)C1)[S+]([O-])c1ccccc1. The summed E-state index contributed by atoms with van der Waals surface area (Å²) in [6.07, 6.45) is 7.80. The summed E-state index contributed by atoms with van der Waals surface area (Å²) in [4.78, 5) is 3.15. The van der Waals surface area contributed by atoms with Gasteiger partial charge in [-0.25, -0.2) is 0 Å². The summed E-state index contributed by atoms with van der Waals surface area (Å²) in [7, 11) is 3.81. The number of allylic oxidation sites excluding steroid dienone is 4. The molecule has 2 atom stereocenters. The summed E-state index contributed by atoms with van der Waals surface area (Å²) in [5.41, 5.74) is 2.63. The first-order chi connectivity index (χ1) is 15.0. The van der Waals surface area contributed by atoms with Crippen LogP contribution in [0.3, 0.4) is 0 Å². The molecule has 0 amide bonds. The fraction of sp³-hybridized carbons (Fsp3) is 0.308. The third kappa shape index (κ3) is 6.03. The Bertz CT molecular complexity index is 913. The van der Waals surface area contributed by atoms with E-state index in [1.54, 1.807) is 13.2 Å². The highest BCUT2D eigenvalue weighted by Gasteiger charge is 2.30. The van der Waals surface area contributed by atoms with Crippen LogP contribution in [-0.2, 0) is 11.4 Å². The van der Waals surface area contributed by atoms with Crippen molar-refractivity contribution < 1.29 is 9.29 Å². The van der Waals surface area contributed by atoms with Gasteiger partial charge < -0.3 is 14.2 Å². The van der Waals surface area contributed by atoms with Crippen LogP contribution in [-0.4, -0.2) is 43.2 Å². The standard InChI is InChI=1S/C26H32N2O2S/c1-5-6-11-21(2)25-18-23(30-4)15-16-26(25)28(20-22-12-10-17-27(3)19-22)31(29)24-13-8-7-9-14-24/h5-9,11,13-16,18,22H,1-2,10,12,17,19-20H2,3-4H3/b11-6-. The van der Waals surface area contributed by atoms with E-state index in [0.717, 1.165) is 53.4 Å². The fourth-order valence-electron chi connectivity index (χ4n) is 3.97. The van der Waals surface area contributed by atoms with E-state index >= 15 is 0 Å². The molecular weight excluding hydrogens is 404 g/mol. The van der Waals surface area contributed by atoms with Gasteiger partial charge in [0.2, 0.25) is 0 Å². The van der Waals surface area contributed by atoms with Crippen LogP contribution in [0, 0.1) is 5.92 Å². The molecule has 2 aromatic carbocycles. The Labute approximate surface area is 189 Å². The van der Waals surface area contributed by atoms with Gasteiger partial charge in [0.15, 0.2) is 4.90 Å². The van der Waals surface area contributed by atoms with E-state index in [9.17, 15) is 4.55 Å². The van der Waals surface area contributed by atoms with Gasteiger partial charge in [0.25, 0.3) is 0 Å². The van der Waals surface area contributed by atoms with E-state index in [1.807, 2.05) is 65.0 Å². The molecule has 1 saturated heterocycles. The van der Waals surface area contributed by atoms with Crippen molar-refractivity contribution in [2.75, 3.05) is 38.1 Å². The lowest BCUT2D eigenvalue weighted by Gasteiger charge is -2.35. The monoisotopic (exact) mass is 436 g/mol. The van der Waals surface area contributed by atoms with Gasteiger partial charge in [0.1, 0.15) is 17.1 Å². The van der Waals surface area contributed by atoms with E-state index in [0.29, 0.717) is 12.5 Å². The average Bonchev–Trinajstić information content (AvgIpc) is 2.81. The number of rotatable bonds is 9. The number of hydrogen-bond donors (Lipinski definition) is 0. The van der Waals surface area contributed by atoms with Crippen molar-refractivity contribution in [2.24, 2.45) is 5.92 Å². The first-order valence-corrected chi connectivity index (χ1v) is 11.7.